The third kappa shape index (κ3) is 3.33. The fourth-order valence-corrected chi connectivity index (χ4v) is 2.20. The van der Waals surface area contributed by atoms with E-state index in [0.717, 1.165) is 11.3 Å². The molecule has 0 fully saturated rings. The molecule has 0 spiro atoms. The molecule has 0 saturated carbocycles. The zero-order chi connectivity index (χ0) is 14.5. The second kappa shape index (κ2) is 6.17. The molecule has 0 saturated heterocycles. The minimum Gasteiger partial charge on any atom is -0.381 e. The van der Waals surface area contributed by atoms with Crippen molar-refractivity contribution in [3.8, 4) is 6.07 Å². The third-order valence-corrected chi connectivity index (χ3v) is 3.46. The van der Waals surface area contributed by atoms with E-state index in [1.54, 1.807) is 24.3 Å². The van der Waals surface area contributed by atoms with Crippen LogP contribution in [-0.2, 0) is 6.54 Å². The first-order valence-electron chi connectivity index (χ1n) is 5.77. The van der Waals surface area contributed by atoms with Crippen molar-refractivity contribution in [1.82, 2.24) is 0 Å². The zero-order valence-corrected chi connectivity index (χ0v) is 11.9. The molecule has 2 aromatic carbocycles. The Labute approximate surface area is 124 Å². The lowest BCUT2D eigenvalue weighted by Gasteiger charge is -2.08. The number of anilines is 1. The largest absolute Gasteiger partial charge is 0.381 e. The number of non-ortho nitro benzene ring substituents is 1. The summed E-state index contributed by atoms with van der Waals surface area (Å²) in [5.74, 6) is 0. The second-order valence-electron chi connectivity index (χ2n) is 4.08. The minimum absolute atomic E-state index is 0.0482. The highest BCUT2D eigenvalue weighted by atomic mass is 79.9. The number of nitriles is 1. The van der Waals surface area contributed by atoms with Gasteiger partial charge in [-0.25, -0.2) is 0 Å². The topological polar surface area (TPSA) is 79.0 Å². The van der Waals surface area contributed by atoms with Gasteiger partial charge >= 0.3 is 0 Å². The molecule has 0 heterocycles. The number of hydrogen-bond donors (Lipinski definition) is 1. The van der Waals surface area contributed by atoms with Crippen molar-refractivity contribution in [2.24, 2.45) is 0 Å². The van der Waals surface area contributed by atoms with E-state index in [0.29, 0.717) is 16.6 Å². The lowest BCUT2D eigenvalue weighted by molar-refractivity contribution is -0.384. The SMILES string of the molecule is N#Cc1cccc(NCc2ccc([N+](=O)[O-])cc2Br)c1. The van der Waals surface area contributed by atoms with Gasteiger partial charge in [-0.2, -0.15) is 5.26 Å². The van der Waals surface area contributed by atoms with E-state index in [-0.39, 0.29) is 5.69 Å². The molecule has 0 aliphatic carbocycles. The van der Waals surface area contributed by atoms with Gasteiger partial charge in [0, 0.05) is 28.8 Å². The van der Waals surface area contributed by atoms with Gasteiger partial charge in [-0.3, -0.25) is 10.1 Å². The maximum Gasteiger partial charge on any atom is 0.270 e. The van der Waals surface area contributed by atoms with Gasteiger partial charge in [0.15, 0.2) is 0 Å². The van der Waals surface area contributed by atoms with Crippen LogP contribution in [0.15, 0.2) is 46.9 Å². The molecule has 0 unspecified atom stereocenters. The molecule has 5 nitrogen and oxygen atoms in total. The fraction of sp³-hybridized carbons (Fsp3) is 0.0714. The van der Waals surface area contributed by atoms with Gasteiger partial charge in [0.2, 0.25) is 0 Å². The van der Waals surface area contributed by atoms with E-state index in [1.807, 2.05) is 6.07 Å². The Morgan fingerprint density at radius 1 is 1.30 bits per heavy atom. The Bertz CT molecular complexity index is 695. The average Bonchev–Trinajstić information content (AvgIpc) is 2.46. The maximum atomic E-state index is 10.7. The molecular formula is C14H10BrN3O2. The molecule has 2 aromatic rings. The molecular weight excluding hydrogens is 322 g/mol. The number of benzene rings is 2. The summed E-state index contributed by atoms with van der Waals surface area (Å²) in [6, 6.07) is 13.8. The van der Waals surface area contributed by atoms with Crippen LogP contribution in [0.25, 0.3) is 0 Å². The average molecular weight is 332 g/mol. The van der Waals surface area contributed by atoms with Gasteiger partial charge in [-0.1, -0.05) is 22.0 Å². The Morgan fingerprint density at radius 3 is 2.75 bits per heavy atom. The monoisotopic (exact) mass is 331 g/mol. The van der Waals surface area contributed by atoms with Gasteiger partial charge in [0.1, 0.15) is 0 Å². The Kier molecular flexibility index (Phi) is 4.33. The molecule has 0 aliphatic rings. The van der Waals surface area contributed by atoms with Gasteiger partial charge in [-0.05, 0) is 29.8 Å². The van der Waals surface area contributed by atoms with Crippen LogP contribution in [0.3, 0.4) is 0 Å². The van der Waals surface area contributed by atoms with E-state index in [1.165, 1.54) is 12.1 Å². The van der Waals surface area contributed by atoms with E-state index in [4.69, 9.17) is 5.26 Å². The normalized spacial score (nSPS) is 9.80. The quantitative estimate of drug-likeness (QED) is 0.681. The summed E-state index contributed by atoms with van der Waals surface area (Å²) in [5, 5.41) is 22.7. The van der Waals surface area contributed by atoms with Gasteiger partial charge in [-0.15, -0.1) is 0 Å². The standard InChI is InChI=1S/C14H10BrN3O2/c15-14-7-13(18(19)20)5-4-11(14)9-17-12-3-1-2-10(6-12)8-16/h1-7,17H,9H2. The van der Waals surface area contributed by atoms with Crippen molar-refractivity contribution in [2.45, 2.75) is 6.54 Å². The highest BCUT2D eigenvalue weighted by Crippen LogP contribution is 2.24. The molecule has 0 atom stereocenters. The first kappa shape index (κ1) is 14.0. The first-order chi connectivity index (χ1) is 9.60. The smallest absolute Gasteiger partial charge is 0.270 e. The Balaban J connectivity index is 2.11. The molecule has 6 heteroatoms. The summed E-state index contributed by atoms with van der Waals surface area (Å²) in [5.41, 5.74) is 2.36. The Hall–Kier alpha value is -2.39. The highest BCUT2D eigenvalue weighted by Gasteiger charge is 2.08. The number of nitro benzene ring substituents is 1. The van der Waals surface area contributed by atoms with Crippen LogP contribution in [0, 0.1) is 21.4 Å². The minimum atomic E-state index is -0.432. The summed E-state index contributed by atoms with van der Waals surface area (Å²) in [4.78, 5) is 10.2. The highest BCUT2D eigenvalue weighted by molar-refractivity contribution is 9.10. The van der Waals surface area contributed by atoms with Crippen molar-refractivity contribution in [3.63, 3.8) is 0 Å². The molecule has 0 amide bonds. The van der Waals surface area contributed by atoms with Gasteiger partial charge in [0.05, 0.1) is 16.6 Å². The van der Waals surface area contributed by atoms with E-state index in [9.17, 15) is 10.1 Å². The van der Waals surface area contributed by atoms with E-state index >= 15 is 0 Å². The lowest BCUT2D eigenvalue weighted by Crippen LogP contribution is -2.01. The number of nitro groups is 1. The summed E-state index contributed by atoms with van der Waals surface area (Å²) < 4.78 is 0.677. The second-order valence-corrected chi connectivity index (χ2v) is 4.93. The van der Waals surface area contributed by atoms with Crippen LogP contribution < -0.4 is 5.32 Å². The summed E-state index contributed by atoms with van der Waals surface area (Å²) in [6.45, 7) is 0.507. The number of halogens is 1. The fourth-order valence-electron chi connectivity index (χ4n) is 1.69. The van der Waals surface area contributed by atoms with E-state index in [2.05, 4.69) is 27.3 Å². The van der Waals surface area contributed by atoms with Crippen molar-refractivity contribution in [2.75, 3.05) is 5.32 Å². The van der Waals surface area contributed by atoms with Crippen molar-refractivity contribution in [3.05, 3.63) is 68.2 Å². The zero-order valence-electron chi connectivity index (χ0n) is 10.3. The third-order valence-electron chi connectivity index (χ3n) is 2.72. The Morgan fingerprint density at radius 2 is 2.10 bits per heavy atom. The number of nitrogens with one attached hydrogen (secondary N) is 1. The summed E-state index contributed by atoms with van der Waals surface area (Å²) in [6.07, 6.45) is 0. The van der Waals surface area contributed by atoms with Crippen LogP contribution in [0.2, 0.25) is 0 Å². The van der Waals surface area contributed by atoms with Crippen LogP contribution in [0.1, 0.15) is 11.1 Å². The predicted octanol–water partition coefficient (Wildman–Crippen LogP) is 3.84. The first-order valence-corrected chi connectivity index (χ1v) is 6.56. The van der Waals surface area contributed by atoms with E-state index < -0.39 is 4.92 Å². The molecule has 0 aromatic heterocycles. The lowest BCUT2D eigenvalue weighted by atomic mass is 10.2. The van der Waals surface area contributed by atoms with Crippen LogP contribution in [0.5, 0.6) is 0 Å². The number of hydrogen-bond acceptors (Lipinski definition) is 4. The van der Waals surface area contributed by atoms with Gasteiger partial charge in [0.25, 0.3) is 5.69 Å². The molecule has 0 radical (unpaired) electrons. The van der Waals surface area contributed by atoms with Crippen molar-refractivity contribution in [1.29, 1.82) is 5.26 Å². The summed E-state index contributed by atoms with van der Waals surface area (Å²) in [7, 11) is 0. The van der Waals surface area contributed by atoms with Crippen molar-refractivity contribution >= 4 is 27.3 Å². The molecule has 20 heavy (non-hydrogen) atoms. The maximum absolute atomic E-state index is 10.7. The van der Waals surface area contributed by atoms with Crippen LogP contribution >= 0.6 is 15.9 Å². The van der Waals surface area contributed by atoms with Crippen LogP contribution in [0.4, 0.5) is 11.4 Å². The molecule has 0 bridgehead atoms. The number of rotatable bonds is 4. The van der Waals surface area contributed by atoms with Gasteiger partial charge < -0.3 is 5.32 Å². The predicted molar refractivity (Wildman–Crippen MR) is 79.3 cm³/mol. The number of nitrogens with zero attached hydrogens (tertiary/aromatic N) is 2. The molecule has 1 N–H and O–H groups in total. The molecule has 2 rings (SSSR count). The molecule has 0 aliphatic heterocycles. The molecule has 100 valence electrons. The summed E-state index contributed by atoms with van der Waals surface area (Å²) >= 11 is 3.32. The van der Waals surface area contributed by atoms with Crippen LogP contribution in [-0.4, -0.2) is 4.92 Å². The van der Waals surface area contributed by atoms with Crippen molar-refractivity contribution < 1.29 is 4.92 Å².